The van der Waals surface area contributed by atoms with E-state index in [2.05, 4.69) is 5.32 Å². The van der Waals surface area contributed by atoms with Gasteiger partial charge in [-0.3, -0.25) is 4.79 Å². The van der Waals surface area contributed by atoms with Crippen LogP contribution in [0.4, 0.5) is 0 Å². The van der Waals surface area contributed by atoms with Crippen LogP contribution in [0.3, 0.4) is 0 Å². The summed E-state index contributed by atoms with van der Waals surface area (Å²) < 4.78 is 4.87. The van der Waals surface area contributed by atoms with Crippen LogP contribution in [0.2, 0.25) is 0 Å². The Hall–Kier alpha value is -0.570. The maximum atomic E-state index is 10.5. The van der Waals surface area contributed by atoms with E-state index in [4.69, 9.17) is 4.74 Å². The van der Waals surface area contributed by atoms with E-state index in [-0.39, 0.29) is 5.97 Å². The highest BCUT2D eigenvalue weighted by Gasteiger charge is 2.11. The zero-order valence-electron chi connectivity index (χ0n) is 9.05. The van der Waals surface area contributed by atoms with E-state index in [1.165, 1.54) is 39.2 Å². The molecule has 1 N–H and O–H groups in total. The lowest BCUT2D eigenvalue weighted by molar-refractivity contribution is -0.141. The number of nitrogens with one attached hydrogen (secondary N) is 1. The van der Waals surface area contributed by atoms with Crippen molar-refractivity contribution in [3.05, 3.63) is 0 Å². The molecule has 1 atom stereocenters. The first kappa shape index (κ1) is 11.5. The number of carbonyl (C=O) groups is 1. The number of hydrogen-bond donors (Lipinski definition) is 1. The van der Waals surface area contributed by atoms with Crippen molar-refractivity contribution < 1.29 is 9.53 Å². The highest BCUT2D eigenvalue weighted by molar-refractivity contribution is 5.65. The Bertz CT molecular complexity index is 165. The van der Waals surface area contributed by atoms with E-state index in [1.54, 1.807) is 0 Å². The van der Waals surface area contributed by atoms with Crippen molar-refractivity contribution in [3.8, 4) is 0 Å². The zero-order chi connectivity index (χ0) is 10.2. The van der Waals surface area contributed by atoms with Gasteiger partial charge in [0, 0.05) is 13.0 Å². The summed E-state index contributed by atoms with van der Waals surface area (Å²) in [6.07, 6.45) is 7.38. The molecule has 1 saturated heterocycles. The van der Waals surface area contributed by atoms with Gasteiger partial charge in [-0.1, -0.05) is 6.42 Å². The van der Waals surface area contributed by atoms with Crippen LogP contribution in [0.25, 0.3) is 0 Å². The predicted octanol–water partition coefficient (Wildman–Crippen LogP) is 1.86. The summed E-state index contributed by atoms with van der Waals surface area (Å²) in [6.45, 7) is 3.22. The predicted molar refractivity (Wildman–Crippen MR) is 56.1 cm³/mol. The molecule has 0 aliphatic carbocycles. The Morgan fingerprint density at radius 1 is 1.43 bits per heavy atom. The van der Waals surface area contributed by atoms with Crippen LogP contribution >= 0.6 is 0 Å². The minimum absolute atomic E-state index is 0.166. The molecule has 0 aromatic heterocycles. The van der Waals surface area contributed by atoms with Gasteiger partial charge in [-0.2, -0.15) is 0 Å². The average Bonchev–Trinajstić information content (AvgIpc) is 2.18. The van der Waals surface area contributed by atoms with Crippen molar-refractivity contribution in [1.82, 2.24) is 5.32 Å². The fraction of sp³-hybridized carbons (Fsp3) is 0.909. The molecule has 0 aromatic carbocycles. The quantitative estimate of drug-likeness (QED) is 0.542. The molecule has 1 aliphatic heterocycles. The Balaban J connectivity index is 1.90. The number of esters is 1. The average molecular weight is 199 g/mol. The first-order valence-corrected chi connectivity index (χ1v) is 5.66. The Kier molecular flexibility index (Phi) is 5.60. The molecule has 14 heavy (non-hydrogen) atoms. The second-order valence-corrected chi connectivity index (χ2v) is 3.98. The molecule has 0 radical (unpaired) electrons. The van der Waals surface area contributed by atoms with Gasteiger partial charge in [-0.05, 0) is 38.6 Å². The monoisotopic (exact) mass is 199 g/mol. The molecule has 0 amide bonds. The van der Waals surface area contributed by atoms with Crippen molar-refractivity contribution >= 4 is 5.97 Å². The van der Waals surface area contributed by atoms with Gasteiger partial charge in [0.1, 0.15) is 0 Å². The van der Waals surface area contributed by atoms with Crippen molar-refractivity contribution in [3.63, 3.8) is 0 Å². The van der Waals surface area contributed by atoms with Crippen LogP contribution < -0.4 is 5.32 Å². The molecule has 0 saturated carbocycles. The smallest absolute Gasteiger partial charge is 0.302 e. The first-order chi connectivity index (χ1) is 6.79. The van der Waals surface area contributed by atoms with E-state index in [1.807, 2.05) is 0 Å². The second-order valence-electron chi connectivity index (χ2n) is 3.98. The summed E-state index contributed by atoms with van der Waals surface area (Å²) >= 11 is 0. The lowest BCUT2D eigenvalue weighted by atomic mass is 10.00. The van der Waals surface area contributed by atoms with Crippen LogP contribution in [-0.2, 0) is 9.53 Å². The summed E-state index contributed by atoms with van der Waals surface area (Å²) in [4.78, 5) is 10.5. The van der Waals surface area contributed by atoms with E-state index in [0.717, 1.165) is 12.8 Å². The van der Waals surface area contributed by atoms with Gasteiger partial charge >= 0.3 is 5.97 Å². The van der Waals surface area contributed by atoms with E-state index < -0.39 is 0 Å². The lowest BCUT2D eigenvalue weighted by Gasteiger charge is -2.23. The van der Waals surface area contributed by atoms with Gasteiger partial charge in [0.25, 0.3) is 0 Å². The maximum Gasteiger partial charge on any atom is 0.302 e. The van der Waals surface area contributed by atoms with Crippen molar-refractivity contribution in [1.29, 1.82) is 0 Å². The first-order valence-electron chi connectivity index (χ1n) is 5.66. The van der Waals surface area contributed by atoms with Gasteiger partial charge in [0.05, 0.1) is 6.61 Å². The molecule has 1 unspecified atom stereocenters. The fourth-order valence-corrected chi connectivity index (χ4v) is 1.88. The minimum Gasteiger partial charge on any atom is -0.466 e. The molecular formula is C11H21NO2. The third-order valence-electron chi connectivity index (χ3n) is 2.66. The third kappa shape index (κ3) is 5.22. The molecule has 82 valence electrons. The van der Waals surface area contributed by atoms with E-state index >= 15 is 0 Å². The number of ether oxygens (including phenoxy) is 1. The lowest BCUT2D eigenvalue weighted by Crippen LogP contribution is -2.33. The number of carbonyl (C=O) groups excluding carboxylic acids is 1. The highest BCUT2D eigenvalue weighted by Crippen LogP contribution is 2.12. The number of hydrogen-bond acceptors (Lipinski definition) is 3. The van der Waals surface area contributed by atoms with Crippen LogP contribution in [0, 0.1) is 0 Å². The summed E-state index contributed by atoms with van der Waals surface area (Å²) in [5.74, 6) is -0.166. The summed E-state index contributed by atoms with van der Waals surface area (Å²) in [5.41, 5.74) is 0. The largest absolute Gasteiger partial charge is 0.466 e. The molecule has 1 aliphatic rings. The van der Waals surface area contributed by atoms with Crippen LogP contribution in [-0.4, -0.2) is 25.2 Å². The van der Waals surface area contributed by atoms with E-state index in [9.17, 15) is 4.79 Å². The molecular weight excluding hydrogens is 178 g/mol. The number of unbranched alkanes of at least 4 members (excludes halogenated alkanes) is 1. The number of rotatable bonds is 5. The maximum absolute atomic E-state index is 10.5. The fourth-order valence-electron chi connectivity index (χ4n) is 1.88. The molecule has 1 rings (SSSR count). The molecule has 0 bridgehead atoms. The summed E-state index contributed by atoms with van der Waals surface area (Å²) in [5, 5.41) is 3.51. The summed E-state index contributed by atoms with van der Waals surface area (Å²) in [7, 11) is 0. The van der Waals surface area contributed by atoms with Gasteiger partial charge < -0.3 is 10.1 Å². The molecule has 3 heteroatoms. The molecule has 1 fully saturated rings. The van der Waals surface area contributed by atoms with Gasteiger partial charge in [-0.15, -0.1) is 0 Å². The molecule has 1 heterocycles. The third-order valence-corrected chi connectivity index (χ3v) is 2.66. The Labute approximate surface area is 86.2 Å². The topological polar surface area (TPSA) is 38.3 Å². The van der Waals surface area contributed by atoms with Crippen LogP contribution in [0.5, 0.6) is 0 Å². The standard InChI is InChI=1S/C11H21NO2/c1-10(13)14-9-5-3-7-11-6-2-4-8-12-11/h11-12H,2-9H2,1H3. The SMILES string of the molecule is CC(=O)OCCCCC1CCCCN1. The van der Waals surface area contributed by atoms with E-state index in [0.29, 0.717) is 12.6 Å². The van der Waals surface area contributed by atoms with Crippen molar-refractivity contribution in [2.75, 3.05) is 13.2 Å². The normalized spacial score (nSPS) is 21.9. The van der Waals surface area contributed by atoms with Crippen LogP contribution in [0.15, 0.2) is 0 Å². The minimum atomic E-state index is -0.166. The van der Waals surface area contributed by atoms with Crippen molar-refractivity contribution in [2.24, 2.45) is 0 Å². The summed E-state index contributed by atoms with van der Waals surface area (Å²) in [6, 6.07) is 0.709. The van der Waals surface area contributed by atoms with Crippen LogP contribution in [0.1, 0.15) is 45.4 Å². The molecule has 0 spiro atoms. The Morgan fingerprint density at radius 2 is 2.29 bits per heavy atom. The second kappa shape index (κ2) is 6.82. The highest BCUT2D eigenvalue weighted by atomic mass is 16.5. The van der Waals surface area contributed by atoms with Gasteiger partial charge in [-0.25, -0.2) is 0 Å². The molecule has 3 nitrogen and oxygen atoms in total. The van der Waals surface area contributed by atoms with Gasteiger partial charge in [0.2, 0.25) is 0 Å². The molecule has 0 aromatic rings. The van der Waals surface area contributed by atoms with Crippen molar-refractivity contribution in [2.45, 2.75) is 51.5 Å². The van der Waals surface area contributed by atoms with Gasteiger partial charge in [0.15, 0.2) is 0 Å². The Morgan fingerprint density at radius 3 is 2.93 bits per heavy atom. The zero-order valence-corrected chi connectivity index (χ0v) is 9.05. The number of piperidine rings is 1.